The van der Waals surface area contributed by atoms with Gasteiger partial charge in [-0.3, -0.25) is 0 Å². The number of ether oxygens (including phenoxy) is 1. The highest BCUT2D eigenvalue weighted by atomic mass is 79.9. The zero-order valence-corrected chi connectivity index (χ0v) is 19.2. The number of methoxy groups -OCH3 is 1. The average Bonchev–Trinajstić information content (AvgIpc) is 3.14. The van der Waals surface area contributed by atoms with Gasteiger partial charge in [0, 0.05) is 52.2 Å². The molecule has 2 N–H and O–H groups in total. The van der Waals surface area contributed by atoms with Crippen LogP contribution in [-0.2, 0) is 0 Å². The molecule has 0 radical (unpaired) electrons. The number of aromatic nitrogens is 3. The summed E-state index contributed by atoms with van der Waals surface area (Å²) in [7, 11) is 3.80. The van der Waals surface area contributed by atoms with E-state index in [9.17, 15) is 0 Å². The van der Waals surface area contributed by atoms with E-state index >= 15 is 0 Å². The molecule has 5 rings (SSSR count). The van der Waals surface area contributed by atoms with Gasteiger partial charge in [-0.2, -0.15) is 0 Å². The number of anilines is 2. The first-order chi connectivity index (χ1) is 15.0. The molecule has 2 aromatic heterocycles. The molecule has 1 aliphatic heterocycles. The molecule has 4 aromatic rings. The number of piperidine rings is 1. The Hall–Kier alpha value is -2.84. The summed E-state index contributed by atoms with van der Waals surface area (Å²) in [6, 6.07) is 10.0. The number of hydroxylamine groups is 3. The van der Waals surface area contributed by atoms with E-state index < -0.39 is 0 Å². The van der Waals surface area contributed by atoms with Crippen LogP contribution in [0.15, 0.2) is 47.3 Å². The lowest BCUT2D eigenvalue weighted by atomic mass is 10.1. The Labute approximate surface area is 189 Å². The van der Waals surface area contributed by atoms with Gasteiger partial charge in [0.05, 0.1) is 18.0 Å². The molecule has 1 fully saturated rings. The van der Waals surface area contributed by atoms with E-state index in [-0.39, 0.29) is 0 Å². The van der Waals surface area contributed by atoms with Gasteiger partial charge in [-0.1, -0.05) is 0 Å². The number of hydrogen-bond acceptors (Lipinski definition) is 5. The fourth-order valence-corrected chi connectivity index (χ4v) is 4.67. The lowest BCUT2D eigenvalue weighted by Gasteiger charge is -2.35. The molecule has 0 saturated carbocycles. The van der Waals surface area contributed by atoms with Gasteiger partial charge < -0.3 is 19.9 Å². The number of benzene rings is 2. The van der Waals surface area contributed by atoms with Crippen molar-refractivity contribution in [1.82, 2.24) is 15.0 Å². The van der Waals surface area contributed by atoms with Gasteiger partial charge in [-0.05, 0) is 40.5 Å². The van der Waals surface area contributed by atoms with E-state index in [1.165, 1.54) is 6.42 Å². The molecule has 0 unspecified atom stereocenters. The summed E-state index contributed by atoms with van der Waals surface area (Å²) in [5, 5.41) is 5.42. The van der Waals surface area contributed by atoms with Gasteiger partial charge in [0.25, 0.3) is 0 Å². The van der Waals surface area contributed by atoms with Crippen molar-refractivity contribution in [3.63, 3.8) is 0 Å². The van der Waals surface area contributed by atoms with Crippen LogP contribution in [0.25, 0.3) is 21.8 Å². The van der Waals surface area contributed by atoms with Crippen molar-refractivity contribution in [1.29, 1.82) is 0 Å². The predicted molar refractivity (Wildman–Crippen MR) is 126 cm³/mol. The first kappa shape index (κ1) is 20.1. The number of hydrogen-bond donors (Lipinski definition) is 2. The number of fused-ring (bicyclic) bond motifs is 2. The summed E-state index contributed by atoms with van der Waals surface area (Å²) in [5.41, 5.74) is 2.79. The molecule has 8 heteroatoms. The van der Waals surface area contributed by atoms with Crippen LogP contribution in [0.3, 0.4) is 0 Å². The summed E-state index contributed by atoms with van der Waals surface area (Å²) >= 11 is 3.59. The minimum atomic E-state index is 0.541. The third-order valence-corrected chi connectivity index (χ3v) is 6.54. The third kappa shape index (κ3) is 3.93. The summed E-state index contributed by atoms with van der Waals surface area (Å²) in [5.74, 6) is 2.15. The maximum Gasteiger partial charge on any atom is 0.206 e. The zero-order valence-electron chi connectivity index (χ0n) is 17.6. The maximum atomic E-state index is 6.58. The van der Waals surface area contributed by atoms with Gasteiger partial charge in [0.1, 0.15) is 38.0 Å². The third-order valence-electron chi connectivity index (χ3n) is 5.89. The van der Waals surface area contributed by atoms with Gasteiger partial charge >= 0.3 is 0 Å². The fraction of sp³-hybridized carbons (Fsp3) is 0.304. The topological polar surface area (TPSA) is 72.1 Å². The second-order valence-electron chi connectivity index (χ2n) is 8.16. The van der Waals surface area contributed by atoms with Crippen molar-refractivity contribution in [3.05, 3.63) is 47.3 Å². The molecular formula is C23H25BrN5O2+. The van der Waals surface area contributed by atoms with Crippen molar-refractivity contribution in [2.45, 2.75) is 19.3 Å². The minimum absolute atomic E-state index is 0.541. The second-order valence-corrected chi connectivity index (χ2v) is 9.01. The average molecular weight is 483 g/mol. The molecule has 0 bridgehead atoms. The van der Waals surface area contributed by atoms with Gasteiger partial charge in [-0.25, -0.2) is 9.97 Å². The smallest absolute Gasteiger partial charge is 0.206 e. The highest BCUT2D eigenvalue weighted by Crippen LogP contribution is 2.37. The summed E-state index contributed by atoms with van der Waals surface area (Å²) < 4.78 is 7.08. The molecule has 3 heterocycles. The molecule has 2 aromatic carbocycles. The van der Waals surface area contributed by atoms with Crippen molar-refractivity contribution in [2.24, 2.45) is 0 Å². The van der Waals surface area contributed by atoms with Crippen LogP contribution in [0.2, 0.25) is 0 Å². The van der Waals surface area contributed by atoms with E-state index in [0.717, 1.165) is 63.6 Å². The number of nitrogens with one attached hydrogen (secondary N) is 2. The van der Waals surface area contributed by atoms with Crippen molar-refractivity contribution >= 4 is 49.2 Å². The van der Waals surface area contributed by atoms with Crippen molar-refractivity contribution in [2.75, 3.05) is 32.6 Å². The molecule has 1 saturated heterocycles. The molecule has 0 aliphatic carbocycles. The van der Waals surface area contributed by atoms with Crippen LogP contribution >= 0.6 is 15.9 Å². The number of rotatable bonds is 5. The van der Waals surface area contributed by atoms with Gasteiger partial charge in [-0.15, -0.1) is 4.65 Å². The Morgan fingerprint density at radius 1 is 1.10 bits per heavy atom. The molecule has 160 valence electrons. The Kier molecular flexibility index (Phi) is 5.19. The Balaban J connectivity index is 1.59. The lowest BCUT2D eigenvalue weighted by molar-refractivity contribution is -1.07. The molecule has 0 spiro atoms. The number of halogens is 1. The van der Waals surface area contributed by atoms with Gasteiger partial charge in [0.2, 0.25) is 5.75 Å². The summed E-state index contributed by atoms with van der Waals surface area (Å²) in [6.45, 7) is 1.96. The quantitative estimate of drug-likeness (QED) is 0.364. The number of nitrogens with zero attached hydrogens (tertiary/aromatic N) is 3. The monoisotopic (exact) mass is 482 g/mol. The van der Waals surface area contributed by atoms with E-state index in [0.29, 0.717) is 16.2 Å². The van der Waals surface area contributed by atoms with Crippen molar-refractivity contribution in [3.8, 4) is 11.5 Å². The van der Waals surface area contributed by atoms with E-state index in [1.807, 2.05) is 30.5 Å². The normalized spacial score (nSPS) is 15.8. The summed E-state index contributed by atoms with van der Waals surface area (Å²) in [4.78, 5) is 18.9. The first-order valence-corrected chi connectivity index (χ1v) is 11.2. The van der Waals surface area contributed by atoms with E-state index in [2.05, 4.69) is 49.3 Å². The maximum absolute atomic E-state index is 6.58. The van der Waals surface area contributed by atoms with Crippen LogP contribution < -0.4 is 14.9 Å². The van der Waals surface area contributed by atoms with E-state index in [1.54, 1.807) is 13.4 Å². The highest BCUT2D eigenvalue weighted by molar-refractivity contribution is 9.10. The number of H-pyrrole nitrogens is 1. The highest BCUT2D eigenvalue weighted by Gasteiger charge is 2.30. The number of likely N-dealkylation sites (tertiary alicyclic amines) is 1. The molecule has 0 atom stereocenters. The van der Waals surface area contributed by atoms with Crippen LogP contribution in [0.5, 0.6) is 11.5 Å². The molecule has 0 amide bonds. The van der Waals surface area contributed by atoms with Crippen LogP contribution in [0, 0.1) is 0 Å². The molecule has 7 nitrogen and oxygen atoms in total. The number of quaternary nitrogens is 1. The summed E-state index contributed by atoms with van der Waals surface area (Å²) in [6.07, 6.45) is 7.08. The fourth-order valence-electron chi connectivity index (χ4n) is 4.22. The largest absolute Gasteiger partial charge is 0.497 e. The Bertz CT molecular complexity index is 1250. The predicted octanol–water partition coefficient (Wildman–Crippen LogP) is 5.55. The van der Waals surface area contributed by atoms with Crippen LogP contribution in [-0.4, -0.2) is 46.8 Å². The Morgan fingerprint density at radius 2 is 1.94 bits per heavy atom. The standard InChI is InChI=1S/C23H25BrN5O2/c1-29(8-4-3-5-9-29)31-21-12-16(30-2)11-20-22(21)23(27-14-26-20)28-15-6-7-19-17(10-15)18(24)13-25-19/h6-7,10-14,25H,3-5,8-9H2,1-2H3,(H,26,27,28)/q+1. The van der Waals surface area contributed by atoms with Crippen molar-refractivity contribution < 1.29 is 14.2 Å². The lowest BCUT2D eigenvalue weighted by Crippen LogP contribution is -2.50. The van der Waals surface area contributed by atoms with E-state index in [4.69, 9.17) is 9.57 Å². The number of aromatic amines is 1. The SMILES string of the molecule is COc1cc(O[N+]2(C)CCCCC2)c2c(Nc3ccc4[nH]cc(Br)c4c3)ncnc2c1. The zero-order chi connectivity index (χ0) is 21.4. The molecule has 31 heavy (non-hydrogen) atoms. The second kappa shape index (κ2) is 8.01. The molecular weight excluding hydrogens is 458 g/mol. The van der Waals surface area contributed by atoms with Crippen LogP contribution in [0.4, 0.5) is 11.5 Å². The Morgan fingerprint density at radius 3 is 2.74 bits per heavy atom. The first-order valence-electron chi connectivity index (χ1n) is 10.5. The molecule has 1 aliphatic rings. The van der Waals surface area contributed by atoms with Gasteiger partial charge in [0.15, 0.2) is 0 Å². The minimum Gasteiger partial charge on any atom is -0.497 e. The van der Waals surface area contributed by atoms with Crippen LogP contribution in [0.1, 0.15) is 19.3 Å².